The number of Topliss-reactive ketones (excluding diaryl/α,β-unsaturated/α-hetero) is 1. The van der Waals surface area contributed by atoms with Crippen LogP contribution in [-0.4, -0.2) is 24.8 Å². The molecule has 0 spiro atoms. The molecule has 0 saturated heterocycles. The van der Waals surface area contributed by atoms with Crippen molar-refractivity contribution in [1.29, 1.82) is 0 Å². The Morgan fingerprint density at radius 1 is 1.50 bits per heavy atom. The number of carbonyl (C=O) groups is 2. The third-order valence-corrected chi connectivity index (χ3v) is 1.56. The van der Waals surface area contributed by atoms with Crippen molar-refractivity contribution in [3.63, 3.8) is 0 Å². The van der Waals surface area contributed by atoms with Crippen LogP contribution in [-0.2, 0) is 9.59 Å². The van der Waals surface area contributed by atoms with Crippen molar-refractivity contribution in [2.45, 2.75) is 20.3 Å². The molecule has 4 nitrogen and oxygen atoms in total. The normalized spacial score (nSPS) is 12.2. The molecule has 0 fully saturated rings. The number of amides is 1. The highest BCUT2D eigenvalue weighted by atomic mass is 16.2. The molecule has 0 bridgehead atoms. The molecule has 0 aromatic heterocycles. The number of rotatable bonds is 5. The van der Waals surface area contributed by atoms with E-state index in [9.17, 15) is 9.59 Å². The Morgan fingerprint density at radius 2 is 2.08 bits per heavy atom. The van der Waals surface area contributed by atoms with E-state index in [0.717, 1.165) is 0 Å². The van der Waals surface area contributed by atoms with Gasteiger partial charge in [-0.15, -0.1) is 0 Å². The van der Waals surface area contributed by atoms with E-state index in [2.05, 4.69) is 5.32 Å². The van der Waals surface area contributed by atoms with E-state index in [1.165, 1.54) is 6.92 Å². The van der Waals surface area contributed by atoms with Crippen LogP contribution in [0.4, 0.5) is 0 Å². The number of nitrogens with two attached hydrogens (primary N) is 1. The zero-order valence-electron chi connectivity index (χ0n) is 7.59. The van der Waals surface area contributed by atoms with Crippen molar-refractivity contribution in [2.24, 2.45) is 11.7 Å². The number of hydrogen-bond donors (Lipinski definition) is 2. The molecule has 0 saturated carbocycles. The smallest absolute Gasteiger partial charge is 0.223 e. The lowest BCUT2D eigenvalue weighted by Gasteiger charge is -2.09. The second-order valence-electron chi connectivity index (χ2n) is 2.90. The molecular formula is C8H16N2O2. The van der Waals surface area contributed by atoms with E-state index in [1.54, 1.807) is 6.92 Å². The monoisotopic (exact) mass is 172 g/mol. The summed E-state index contributed by atoms with van der Waals surface area (Å²) in [5.74, 6) is -0.242. The second kappa shape index (κ2) is 5.71. The van der Waals surface area contributed by atoms with Gasteiger partial charge in [0.15, 0.2) is 0 Å². The van der Waals surface area contributed by atoms with Gasteiger partial charge in [0.2, 0.25) is 5.91 Å². The molecule has 0 aromatic rings. The van der Waals surface area contributed by atoms with Gasteiger partial charge in [0.25, 0.3) is 0 Å². The van der Waals surface area contributed by atoms with Crippen LogP contribution >= 0.6 is 0 Å². The molecule has 0 rings (SSSR count). The van der Waals surface area contributed by atoms with E-state index in [4.69, 9.17) is 5.73 Å². The van der Waals surface area contributed by atoms with Crippen molar-refractivity contribution in [3.8, 4) is 0 Å². The summed E-state index contributed by atoms with van der Waals surface area (Å²) in [4.78, 5) is 21.6. The van der Waals surface area contributed by atoms with Gasteiger partial charge in [0, 0.05) is 5.92 Å². The third-order valence-electron chi connectivity index (χ3n) is 1.56. The molecule has 3 N–H and O–H groups in total. The van der Waals surface area contributed by atoms with Crippen molar-refractivity contribution in [1.82, 2.24) is 5.32 Å². The fourth-order valence-electron chi connectivity index (χ4n) is 0.767. The van der Waals surface area contributed by atoms with E-state index in [0.29, 0.717) is 13.0 Å². The van der Waals surface area contributed by atoms with Crippen LogP contribution in [0.3, 0.4) is 0 Å². The summed E-state index contributed by atoms with van der Waals surface area (Å²) < 4.78 is 0. The summed E-state index contributed by atoms with van der Waals surface area (Å²) in [7, 11) is 0. The highest BCUT2D eigenvalue weighted by molar-refractivity contribution is 5.85. The Kier molecular flexibility index (Phi) is 5.28. The standard InChI is InChI=1S/C8H16N2O2/c1-6(3-4-9)8(12)10-5-7(2)11/h6H,3-5,9H2,1-2H3,(H,10,12)/t6-/m0/s1. The van der Waals surface area contributed by atoms with Gasteiger partial charge in [-0.1, -0.05) is 6.92 Å². The maximum Gasteiger partial charge on any atom is 0.223 e. The minimum Gasteiger partial charge on any atom is -0.349 e. The lowest BCUT2D eigenvalue weighted by atomic mass is 10.1. The molecule has 1 atom stereocenters. The van der Waals surface area contributed by atoms with Crippen LogP contribution < -0.4 is 11.1 Å². The number of carbonyl (C=O) groups excluding carboxylic acids is 2. The summed E-state index contributed by atoms with van der Waals surface area (Å²) in [6.45, 7) is 3.85. The van der Waals surface area contributed by atoms with Gasteiger partial charge in [-0.25, -0.2) is 0 Å². The summed E-state index contributed by atoms with van der Waals surface area (Å²) in [6.07, 6.45) is 0.656. The van der Waals surface area contributed by atoms with E-state index < -0.39 is 0 Å². The number of nitrogens with one attached hydrogen (secondary N) is 1. The summed E-state index contributed by atoms with van der Waals surface area (Å²) in [5, 5.41) is 2.52. The van der Waals surface area contributed by atoms with Gasteiger partial charge in [-0.2, -0.15) is 0 Å². The largest absolute Gasteiger partial charge is 0.349 e. The average Bonchev–Trinajstić information content (AvgIpc) is 2.00. The quantitative estimate of drug-likeness (QED) is 0.596. The van der Waals surface area contributed by atoms with Crippen LogP contribution in [0.15, 0.2) is 0 Å². The molecule has 0 aliphatic rings. The van der Waals surface area contributed by atoms with Crippen molar-refractivity contribution >= 4 is 11.7 Å². The van der Waals surface area contributed by atoms with Gasteiger partial charge in [0.1, 0.15) is 5.78 Å². The van der Waals surface area contributed by atoms with Crippen LogP contribution in [0.1, 0.15) is 20.3 Å². The van der Waals surface area contributed by atoms with Crippen LogP contribution in [0.2, 0.25) is 0 Å². The fourth-order valence-corrected chi connectivity index (χ4v) is 0.767. The number of hydrogen-bond acceptors (Lipinski definition) is 3. The zero-order chi connectivity index (χ0) is 9.56. The first-order valence-corrected chi connectivity index (χ1v) is 4.05. The second-order valence-corrected chi connectivity index (χ2v) is 2.90. The Hall–Kier alpha value is -0.900. The molecule has 0 aliphatic heterocycles. The summed E-state index contributed by atoms with van der Waals surface area (Å²) in [6, 6.07) is 0. The molecule has 70 valence electrons. The van der Waals surface area contributed by atoms with Crippen LogP contribution in [0.25, 0.3) is 0 Å². The Morgan fingerprint density at radius 3 is 2.50 bits per heavy atom. The molecule has 0 radical (unpaired) electrons. The number of ketones is 1. The van der Waals surface area contributed by atoms with Crippen molar-refractivity contribution in [2.75, 3.05) is 13.1 Å². The molecule has 0 aliphatic carbocycles. The molecule has 0 aromatic carbocycles. The SMILES string of the molecule is CC(=O)CNC(=O)[C@@H](C)CCN. The van der Waals surface area contributed by atoms with Crippen LogP contribution in [0, 0.1) is 5.92 Å². The van der Waals surface area contributed by atoms with Gasteiger partial charge in [-0.05, 0) is 19.9 Å². The summed E-state index contributed by atoms with van der Waals surface area (Å²) >= 11 is 0. The highest BCUT2D eigenvalue weighted by Crippen LogP contribution is 1.98. The molecule has 1 amide bonds. The Bertz CT molecular complexity index is 168. The van der Waals surface area contributed by atoms with E-state index in [-0.39, 0.29) is 24.2 Å². The predicted molar refractivity (Wildman–Crippen MR) is 46.5 cm³/mol. The first-order chi connectivity index (χ1) is 5.57. The lowest BCUT2D eigenvalue weighted by molar-refractivity contribution is -0.127. The molecular weight excluding hydrogens is 156 g/mol. The lowest BCUT2D eigenvalue weighted by Crippen LogP contribution is -2.33. The molecule has 0 unspecified atom stereocenters. The molecule has 0 heterocycles. The highest BCUT2D eigenvalue weighted by Gasteiger charge is 2.10. The predicted octanol–water partition coefficient (Wildman–Crippen LogP) is -0.323. The van der Waals surface area contributed by atoms with Gasteiger partial charge < -0.3 is 11.1 Å². The van der Waals surface area contributed by atoms with Crippen molar-refractivity contribution < 1.29 is 9.59 Å². The van der Waals surface area contributed by atoms with Crippen LogP contribution in [0.5, 0.6) is 0 Å². The first-order valence-electron chi connectivity index (χ1n) is 4.05. The van der Waals surface area contributed by atoms with Gasteiger partial charge in [-0.3, -0.25) is 9.59 Å². The van der Waals surface area contributed by atoms with E-state index in [1.807, 2.05) is 0 Å². The molecule has 12 heavy (non-hydrogen) atoms. The maximum absolute atomic E-state index is 11.1. The summed E-state index contributed by atoms with van der Waals surface area (Å²) in [5.41, 5.74) is 5.28. The van der Waals surface area contributed by atoms with E-state index >= 15 is 0 Å². The van der Waals surface area contributed by atoms with Gasteiger partial charge in [0.05, 0.1) is 6.54 Å². The topological polar surface area (TPSA) is 72.2 Å². The Labute approximate surface area is 72.5 Å². The maximum atomic E-state index is 11.1. The minimum atomic E-state index is -0.102. The van der Waals surface area contributed by atoms with Crippen molar-refractivity contribution in [3.05, 3.63) is 0 Å². The Balaban J connectivity index is 3.64. The fraction of sp³-hybridized carbons (Fsp3) is 0.750. The minimum absolute atomic E-state index is 0.0386. The zero-order valence-corrected chi connectivity index (χ0v) is 7.59. The average molecular weight is 172 g/mol. The third kappa shape index (κ3) is 4.85. The van der Waals surface area contributed by atoms with Gasteiger partial charge >= 0.3 is 0 Å². The molecule has 4 heteroatoms. The first kappa shape index (κ1) is 11.1.